The van der Waals surface area contributed by atoms with Crippen molar-refractivity contribution in [2.75, 3.05) is 45.8 Å². The van der Waals surface area contributed by atoms with Crippen LogP contribution < -0.4 is 5.32 Å². The van der Waals surface area contributed by atoms with Crippen LogP contribution in [0.25, 0.3) is 0 Å². The van der Waals surface area contributed by atoms with Crippen LogP contribution in [0.1, 0.15) is 46.0 Å². The van der Waals surface area contributed by atoms with Crippen LogP contribution >= 0.6 is 24.8 Å². The fourth-order valence-corrected chi connectivity index (χ4v) is 4.59. The number of likely N-dealkylation sites (tertiary alicyclic amines) is 1. The minimum absolute atomic E-state index is 0. The molecule has 0 aliphatic carbocycles. The van der Waals surface area contributed by atoms with Crippen LogP contribution in [0.2, 0.25) is 0 Å². The van der Waals surface area contributed by atoms with Gasteiger partial charge in [-0.2, -0.15) is 0 Å². The van der Waals surface area contributed by atoms with E-state index in [1.54, 1.807) is 0 Å². The summed E-state index contributed by atoms with van der Waals surface area (Å²) in [5.74, 6) is 1.41. The van der Waals surface area contributed by atoms with Crippen molar-refractivity contribution < 1.29 is 9.53 Å². The molecule has 3 saturated heterocycles. The third-order valence-corrected chi connectivity index (χ3v) is 5.92. The minimum atomic E-state index is 0. The minimum Gasteiger partial charge on any atom is -0.373 e. The van der Waals surface area contributed by atoms with Crippen molar-refractivity contribution in [1.82, 2.24) is 15.1 Å². The molecule has 3 aliphatic rings. The number of hydrogen-bond donors (Lipinski definition) is 1. The largest absolute Gasteiger partial charge is 0.373 e. The number of rotatable bonds is 4. The second-order valence-electron chi connectivity index (χ2n) is 8.12. The van der Waals surface area contributed by atoms with Gasteiger partial charge < -0.3 is 15.0 Å². The Kier molecular flexibility index (Phi) is 10.8. The van der Waals surface area contributed by atoms with Gasteiger partial charge in [0, 0.05) is 32.7 Å². The zero-order chi connectivity index (χ0) is 16.9. The molecule has 1 amide bonds. The quantitative estimate of drug-likeness (QED) is 0.774. The number of nitrogens with zero attached hydrogens (tertiary/aromatic N) is 2. The third-order valence-electron chi connectivity index (χ3n) is 5.92. The maximum absolute atomic E-state index is 12.6. The fourth-order valence-electron chi connectivity index (χ4n) is 4.59. The van der Waals surface area contributed by atoms with Crippen LogP contribution in [0, 0.1) is 11.8 Å². The van der Waals surface area contributed by atoms with Crippen LogP contribution in [0.3, 0.4) is 0 Å². The Bertz CT molecular complexity index is 404. The molecule has 0 saturated carbocycles. The number of amides is 1. The van der Waals surface area contributed by atoms with Gasteiger partial charge in [-0.25, -0.2) is 0 Å². The van der Waals surface area contributed by atoms with Crippen molar-refractivity contribution in [1.29, 1.82) is 0 Å². The monoisotopic (exact) mass is 409 g/mol. The molecule has 3 atom stereocenters. The summed E-state index contributed by atoms with van der Waals surface area (Å²) in [5.41, 5.74) is 0. The molecule has 0 aromatic heterocycles. The second kappa shape index (κ2) is 11.7. The Morgan fingerprint density at radius 1 is 1.08 bits per heavy atom. The Hall–Kier alpha value is -0.0700. The lowest BCUT2D eigenvalue weighted by atomic mass is 9.91. The van der Waals surface area contributed by atoms with Gasteiger partial charge in [0.15, 0.2) is 0 Å². The summed E-state index contributed by atoms with van der Waals surface area (Å²) >= 11 is 0. The number of ether oxygens (including phenoxy) is 1. The molecule has 0 spiro atoms. The summed E-state index contributed by atoms with van der Waals surface area (Å²) in [6, 6.07) is 0. The lowest BCUT2D eigenvalue weighted by molar-refractivity contribution is -0.137. The molecule has 3 unspecified atom stereocenters. The number of halogens is 2. The van der Waals surface area contributed by atoms with E-state index in [1.165, 1.54) is 25.8 Å². The zero-order valence-corrected chi connectivity index (χ0v) is 18.0. The number of carbonyl (C=O) groups is 1. The van der Waals surface area contributed by atoms with Gasteiger partial charge in [-0.15, -0.1) is 24.8 Å². The highest BCUT2D eigenvalue weighted by atomic mass is 35.5. The highest BCUT2D eigenvalue weighted by Crippen LogP contribution is 2.24. The summed E-state index contributed by atoms with van der Waals surface area (Å²) in [6.07, 6.45) is 6.56. The van der Waals surface area contributed by atoms with Crippen LogP contribution in [-0.4, -0.2) is 73.7 Å². The average molecular weight is 410 g/mol. The van der Waals surface area contributed by atoms with E-state index in [0.717, 1.165) is 58.0 Å². The predicted molar refractivity (Wildman–Crippen MR) is 110 cm³/mol. The normalized spacial score (nSPS) is 31.0. The Balaban J connectivity index is 0.00000169. The first kappa shape index (κ1) is 24.0. The van der Waals surface area contributed by atoms with Gasteiger partial charge in [0.05, 0.1) is 18.1 Å². The maximum Gasteiger partial charge on any atom is 0.226 e. The highest BCUT2D eigenvalue weighted by Gasteiger charge is 2.29. The van der Waals surface area contributed by atoms with Crippen LogP contribution in [0.15, 0.2) is 0 Å². The topological polar surface area (TPSA) is 44.8 Å². The molecule has 0 aromatic rings. The van der Waals surface area contributed by atoms with Crippen LogP contribution in [0.4, 0.5) is 0 Å². The van der Waals surface area contributed by atoms with Gasteiger partial charge in [-0.1, -0.05) is 0 Å². The molecule has 154 valence electrons. The van der Waals surface area contributed by atoms with Gasteiger partial charge in [-0.05, 0) is 65.0 Å². The van der Waals surface area contributed by atoms with Crippen molar-refractivity contribution in [2.24, 2.45) is 11.8 Å². The van der Waals surface area contributed by atoms with Gasteiger partial charge in [0.1, 0.15) is 0 Å². The van der Waals surface area contributed by atoms with E-state index in [9.17, 15) is 4.79 Å². The molecule has 0 aromatic carbocycles. The standard InChI is InChI=1S/C19H35N3O2.2ClH/c1-15-13-21(14-16(2)24-15)9-5-17-6-10-22(11-7-17)19(23)18-4-3-8-20-12-18;;/h15-18,20H,3-14H2,1-2H3;2*1H. The van der Waals surface area contributed by atoms with Crippen molar-refractivity contribution in [2.45, 2.75) is 58.2 Å². The van der Waals surface area contributed by atoms with Crippen molar-refractivity contribution in [3.05, 3.63) is 0 Å². The summed E-state index contributed by atoms with van der Waals surface area (Å²) in [4.78, 5) is 17.3. The first-order valence-electron chi connectivity index (χ1n) is 9.99. The van der Waals surface area contributed by atoms with Crippen LogP contribution in [0.5, 0.6) is 0 Å². The van der Waals surface area contributed by atoms with Crippen LogP contribution in [-0.2, 0) is 9.53 Å². The van der Waals surface area contributed by atoms with Crippen molar-refractivity contribution in [3.63, 3.8) is 0 Å². The molecule has 7 heteroatoms. The Morgan fingerprint density at radius 2 is 1.73 bits per heavy atom. The summed E-state index contributed by atoms with van der Waals surface area (Å²) in [7, 11) is 0. The molecule has 5 nitrogen and oxygen atoms in total. The molecule has 1 N–H and O–H groups in total. The first-order chi connectivity index (χ1) is 11.6. The van der Waals surface area contributed by atoms with E-state index in [2.05, 4.69) is 29.0 Å². The molecular weight excluding hydrogens is 373 g/mol. The number of piperidine rings is 2. The fraction of sp³-hybridized carbons (Fsp3) is 0.947. The van der Waals surface area contributed by atoms with Crippen molar-refractivity contribution >= 4 is 30.7 Å². The van der Waals surface area contributed by atoms with E-state index in [4.69, 9.17) is 4.74 Å². The SMILES string of the molecule is CC1CN(CCC2CCN(C(=O)C3CCCNC3)CC2)CC(C)O1.Cl.Cl. The highest BCUT2D eigenvalue weighted by molar-refractivity contribution is 5.85. The molecule has 3 rings (SSSR count). The van der Waals surface area contributed by atoms with E-state index >= 15 is 0 Å². The van der Waals surface area contributed by atoms with E-state index < -0.39 is 0 Å². The van der Waals surface area contributed by atoms with E-state index in [0.29, 0.717) is 18.1 Å². The van der Waals surface area contributed by atoms with Gasteiger partial charge in [0.25, 0.3) is 0 Å². The van der Waals surface area contributed by atoms with Crippen molar-refractivity contribution in [3.8, 4) is 0 Å². The molecule has 3 heterocycles. The average Bonchev–Trinajstić information content (AvgIpc) is 2.60. The molecule has 3 aliphatic heterocycles. The number of carbonyl (C=O) groups excluding carboxylic acids is 1. The van der Waals surface area contributed by atoms with Gasteiger partial charge in [0.2, 0.25) is 5.91 Å². The Morgan fingerprint density at radius 3 is 2.31 bits per heavy atom. The molecule has 0 bridgehead atoms. The molecular formula is C19H37Cl2N3O2. The maximum atomic E-state index is 12.6. The van der Waals surface area contributed by atoms with E-state index in [-0.39, 0.29) is 30.7 Å². The number of nitrogens with one attached hydrogen (secondary N) is 1. The number of hydrogen-bond acceptors (Lipinski definition) is 4. The predicted octanol–water partition coefficient (Wildman–Crippen LogP) is 2.57. The molecule has 26 heavy (non-hydrogen) atoms. The summed E-state index contributed by atoms with van der Waals surface area (Å²) in [6.45, 7) is 11.6. The molecule has 3 fully saturated rings. The lowest BCUT2D eigenvalue weighted by Crippen LogP contribution is -2.47. The lowest BCUT2D eigenvalue weighted by Gasteiger charge is -2.38. The summed E-state index contributed by atoms with van der Waals surface area (Å²) in [5, 5.41) is 3.36. The summed E-state index contributed by atoms with van der Waals surface area (Å²) < 4.78 is 5.82. The van der Waals surface area contributed by atoms with E-state index in [1.807, 2.05) is 0 Å². The zero-order valence-electron chi connectivity index (χ0n) is 16.3. The smallest absolute Gasteiger partial charge is 0.226 e. The van der Waals surface area contributed by atoms with Gasteiger partial charge >= 0.3 is 0 Å². The Labute approximate surface area is 171 Å². The second-order valence-corrected chi connectivity index (χ2v) is 8.12. The number of morpholine rings is 1. The third kappa shape index (κ3) is 6.83. The first-order valence-corrected chi connectivity index (χ1v) is 9.99. The van der Waals surface area contributed by atoms with Gasteiger partial charge in [-0.3, -0.25) is 9.69 Å². The molecule has 0 radical (unpaired) electrons.